The molecule has 4 heterocycles. The summed E-state index contributed by atoms with van der Waals surface area (Å²) in [5.74, 6) is 0.826. The van der Waals surface area contributed by atoms with E-state index >= 15 is 0 Å². The number of anilines is 1. The molecule has 6 rings (SSSR count). The van der Waals surface area contributed by atoms with Crippen LogP contribution >= 0.6 is 11.3 Å². The molecule has 0 aliphatic carbocycles. The second-order valence-corrected chi connectivity index (χ2v) is 11.6. The third-order valence-electron chi connectivity index (χ3n) is 8.16. The third-order valence-corrected chi connectivity index (χ3v) is 9.03. The molecule has 216 valence electrons. The molecule has 1 fully saturated rings. The number of aryl methyl sites for hydroxylation is 3. The molecule has 0 unspecified atom stereocenters. The lowest BCUT2D eigenvalue weighted by Crippen LogP contribution is -2.49. The van der Waals surface area contributed by atoms with Crippen molar-refractivity contribution in [3.05, 3.63) is 92.5 Å². The van der Waals surface area contributed by atoms with Crippen molar-refractivity contribution in [3.63, 3.8) is 0 Å². The van der Waals surface area contributed by atoms with Crippen LogP contribution in [0.1, 0.15) is 28.2 Å². The van der Waals surface area contributed by atoms with E-state index in [1.807, 2.05) is 71.3 Å². The first kappa shape index (κ1) is 27.7. The van der Waals surface area contributed by atoms with Gasteiger partial charge in [-0.3, -0.25) is 14.0 Å². The van der Waals surface area contributed by atoms with Crippen molar-refractivity contribution in [3.8, 4) is 22.7 Å². The van der Waals surface area contributed by atoms with E-state index in [0.717, 1.165) is 28.4 Å². The maximum absolute atomic E-state index is 14.0. The first-order valence-corrected chi connectivity index (χ1v) is 14.9. The number of rotatable bonds is 6. The third kappa shape index (κ3) is 4.85. The largest absolute Gasteiger partial charge is 0.495 e. The van der Waals surface area contributed by atoms with Crippen LogP contribution in [0.3, 0.4) is 0 Å². The van der Waals surface area contributed by atoms with E-state index in [2.05, 4.69) is 24.8 Å². The molecule has 5 aromatic rings. The maximum atomic E-state index is 14.0. The van der Waals surface area contributed by atoms with Crippen molar-refractivity contribution in [1.82, 2.24) is 24.1 Å². The average molecular weight is 583 g/mol. The minimum Gasteiger partial charge on any atom is -0.495 e. The number of benzene rings is 2. The quantitative estimate of drug-likeness (QED) is 0.288. The Kier molecular flexibility index (Phi) is 7.32. The van der Waals surface area contributed by atoms with Crippen LogP contribution in [-0.2, 0) is 11.2 Å². The number of carbonyl (C=O) groups is 1. The minimum atomic E-state index is -0.201. The Labute approximate surface area is 248 Å². The van der Waals surface area contributed by atoms with Crippen molar-refractivity contribution >= 4 is 27.9 Å². The van der Waals surface area contributed by atoms with Gasteiger partial charge in [0.1, 0.15) is 11.4 Å². The molecule has 9 nitrogen and oxygen atoms in total. The molecular weight excluding hydrogens is 548 g/mol. The van der Waals surface area contributed by atoms with Crippen LogP contribution in [0.4, 0.5) is 5.69 Å². The predicted octanol–water partition coefficient (Wildman–Crippen LogP) is 4.74. The zero-order chi connectivity index (χ0) is 29.5. The predicted molar refractivity (Wildman–Crippen MR) is 166 cm³/mol. The van der Waals surface area contributed by atoms with Crippen LogP contribution in [0.2, 0.25) is 0 Å². The molecule has 1 amide bonds. The van der Waals surface area contributed by atoms with Gasteiger partial charge in [0, 0.05) is 42.9 Å². The number of ether oxygens (including phenoxy) is 1. The maximum Gasteiger partial charge on any atom is 0.268 e. The topological polar surface area (TPSA) is 85.0 Å². The zero-order valence-electron chi connectivity index (χ0n) is 24.5. The van der Waals surface area contributed by atoms with E-state index in [4.69, 9.17) is 14.8 Å². The van der Waals surface area contributed by atoms with Gasteiger partial charge in [0.05, 0.1) is 36.2 Å². The summed E-state index contributed by atoms with van der Waals surface area (Å²) < 4.78 is 8.99. The number of piperazine rings is 1. The molecule has 0 bridgehead atoms. The Hall–Kier alpha value is -4.44. The lowest BCUT2D eigenvalue weighted by molar-refractivity contribution is -0.130. The van der Waals surface area contributed by atoms with Gasteiger partial charge < -0.3 is 14.5 Å². The molecule has 1 saturated heterocycles. The van der Waals surface area contributed by atoms with Gasteiger partial charge in [0.25, 0.3) is 5.56 Å². The summed E-state index contributed by atoms with van der Waals surface area (Å²) in [5.41, 5.74) is 7.37. The summed E-state index contributed by atoms with van der Waals surface area (Å²) in [6.45, 7) is 10.6. The van der Waals surface area contributed by atoms with Crippen molar-refractivity contribution in [2.24, 2.45) is 0 Å². The van der Waals surface area contributed by atoms with Crippen LogP contribution in [-0.4, -0.2) is 63.3 Å². The van der Waals surface area contributed by atoms with Crippen LogP contribution in [0.15, 0.2) is 58.7 Å². The summed E-state index contributed by atoms with van der Waals surface area (Å²) in [4.78, 5) is 36.8. The smallest absolute Gasteiger partial charge is 0.268 e. The van der Waals surface area contributed by atoms with Gasteiger partial charge in [-0.25, -0.2) is 9.67 Å². The van der Waals surface area contributed by atoms with E-state index in [-0.39, 0.29) is 17.9 Å². The molecule has 0 atom stereocenters. The lowest BCUT2D eigenvalue weighted by atomic mass is 10.1. The van der Waals surface area contributed by atoms with Gasteiger partial charge in [0.15, 0.2) is 4.96 Å². The molecule has 10 heteroatoms. The molecule has 0 N–H and O–H groups in total. The highest BCUT2D eigenvalue weighted by Crippen LogP contribution is 2.29. The second kappa shape index (κ2) is 11.1. The Bertz CT molecular complexity index is 1860. The van der Waals surface area contributed by atoms with E-state index in [1.54, 1.807) is 11.5 Å². The highest BCUT2D eigenvalue weighted by molar-refractivity contribution is 7.15. The fourth-order valence-corrected chi connectivity index (χ4v) is 6.61. The number of methoxy groups -OCH3 is 1. The molecule has 0 saturated carbocycles. The molecule has 0 radical (unpaired) electrons. The number of nitrogens with zero attached hydrogens (tertiary/aromatic N) is 6. The molecule has 2 aromatic carbocycles. The van der Waals surface area contributed by atoms with Crippen LogP contribution in [0.5, 0.6) is 5.75 Å². The number of thiazole rings is 1. The molecule has 0 spiro atoms. The first-order valence-electron chi connectivity index (χ1n) is 14.1. The Balaban J connectivity index is 1.26. The fraction of sp³-hybridized carbons (Fsp3) is 0.312. The van der Waals surface area contributed by atoms with Crippen LogP contribution in [0, 0.1) is 27.7 Å². The van der Waals surface area contributed by atoms with Crippen molar-refractivity contribution < 1.29 is 9.53 Å². The number of fused-ring (bicyclic) bond motifs is 1. The highest BCUT2D eigenvalue weighted by atomic mass is 32.1. The summed E-state index contributed by atoms with van der Waals surface area (Å²) in [6.07, 6.45) is 0.134. The number of aromatic nitrogens is 4. The fourth-order valence-electron chi connectivity index (χ4n) is 5.68. The van der Waals surface area contributed by atoms with E-state index < -0.39 is 0 Å². The number of para-hydroxylation sites is 2. The van der Waals surface area contributed by atoms with E-state index in [0.29, 0.717) is 53.8 Å². The second-order valence-electron chi connectivity index (χ2n) is 10.7. The zero-order valence-corrected chi connectivity index (χ0v) is 25.4. The summed E-state index contributed by atoms with van der Waals surface area (Å²) >= 11 is 1.38. The van der Waals surface area contributed by atoms with Crippen molar-refractivity contribution in [2.75, 3.05) is 38.2 Å². The molecule has 1 aliphatic heterocycles. The van der Waals surface area contributed by atoms with Gasteiger partial charge in [0.2, 0.25) is 5.91 Å². The number of carbonyl (C=O) groups excluding carboxylic acids is 1. The van der Waals surface area contributed by atoms with E-state index in [1.165, 1.54) is 16.9 Å². The van der Waals surface area contributed by atoms with Gasteiger partial charge in [-0.15, -0.1) is 11.3 Å². The lowest BCUT2D eigenvalue weighted by Gasteiger charge is -2.36. The van der Waals surface area contributed by atoms with Gasteiger partial charge in [-0.1, -0.05) is 24.3 Å². The monoisotopic (exact) mass is 582 g/mol. The number of amides is 1. The molecule has 3 aromatic heterocycles. The standard InChI is InChI=1S/C32H34N6O3S/c1-20-9-8-11-26(22(20)3)38-21(2)17-25(34-38)30-23(4)33-32-37(31(30)40)24(19-42-32)18-29(39)36-15-13-35(14-16-36)27-10-6-7-12-28(27)41-5/h6-12,17,19H,13-16,18H2,1-5H3. The Morgan fingerprint density at radius 3 is 2.48 bits per heavy atom. The van der Waals surface area contributed by atoms with Gasteiger partial charge in [-0.05, 0) is 63.1 Å². The Morgan fingerprint density at radius 2 is 1.71 bits per heavy atom. The SMILES string of the molecule is COc1ccccc1N1CCN(C(=O)Cc2csc3nc(C)c(-c4cc(C)n(-c5cccc(C)c5C)n4)c(=O)n23)CC1. The summed E-state index contributed by atoms with van der Waals surface area (Å²) in [5, 5.41) is 6.72. The van der Waals surface area contributed by atoms with Crippen LogP contribution < -0.4 is 15.2 Å². The van der Waals surface area contributed by atoms with E-state index in [9.17, 15) is 9.59 Å². The molecule has 42 heavy (non-hydrogen) atoms. The van der Waals surface area contributed by atoms with Crippen LogP contribution in [0.25, 0.3) is 21.9 Å². The van der Waals surface area contributed by atoms with Crippen molar-refractivity contribution in [1.29, 1.82) is 0 Å². The average Bonchev–Trinajstić information content (AvgIpc) is 3.57. The van der Waals surface area contributed by atoms with Gasteiger partial charge >= 0.3 is 0 Å². The number of hydrogen-bond acceptors (Lipinski definition) is 7. The highest BCUT2D eigenvalue weighted by Gasteiger charge is 2.25. The van der Waals surface area contributed by atoms with Crippen molar-refractivity contribution in [2.45, 2.75) is 34.1 Å². The summed E-state index contributed by atoms with van der Waals surface area (Å²) in [6, 6.07) is 16.0. The normalized spacial score (nSPS) is 13.6. The minimum absolute atomic E-state index is 0.00144. The summed E-state index contributed by atoms with van der Waals surface area (Å²) in [7, 11) is 1.67. The first-order chi connectivity index (χ1) is 20.3. The molecule has 1 aliphatic rings. The Morgan fingerprint density at radius 1 is 0.976 bits per heavy atom. The van der Waals surface area contributed by atoms with Gasteiger partial charge in [-0.2, -0.15) is 5.10 Å². The molecular formula is C32H34N6O3S. The number of hydrogen-bond donors (Lipinski definition) is 0.